The van der Waals surface area contributed by atoms with Crippen LogP contribution in [0.4, 0.5) is 17.1 Å². The Kier molecular flexibility index (Phi) is 9.20. The number of rotatable bonds is 8. The van der Waals surface area contributed by atoms with Crippen molar-refractivity contribution in [3.05, 3.63) is 249 Å². The average molecular weight is 816 g/mol. The van der Waals surface area contributed by atoms with Crippen LogP contribution in [0.3, 0.4) is 0 Å². The summed E-state index contributed by atoms with van der Waals surface area (Å²) in [5.74, 6) is 0. The minimum Gasteiger partial charge on any atom is -0.455 e. The van der Waals surface area contributed by atoms with E-state index in [9.17, 15) is 0 Å². The van der Waals surface area contributed by atoms with Crippen LogP contribution in [0.5, 0.6) is 0 Å². The lowest BCUT2D eigenvalue weighted by molar-refractivity contribution is 0.670. The molecule has 0 aliphatic carbocycles. The summed E-state index contributed by atoms with van der Waals surface area (Å²) >= 11 is 0. The molecule has 0 unspecified atom stereocenters. The monoisotopic (exact) mass is 815 g/mol. The van der Waals surface area contributed by atoms with E-state index in [1.807, 2.05) is 6.07 Å². The van der Waals surface area contributed by atoms with E-state index in [1.165, 1.54) is 38.2 Å². The van der Waals surface area contributed by atoms with Crippen molar-refractivity contribution in [2.45, 2.75) is 0 Å². The highest BCUT2D eigenvalue weighted by molar-refractivity contribution is 6.12. The van der Waals surface area contributed by atoms with Gasteiger partial charge < -0.3 is 9.32 Å². The second-order valence-electron chi connectivity index (χ2n) is 16.4. The quantitative estimate of drug-likeness (QED) is 0.142. The molecule has 64 heavy (non-hydrogen) atoms. The molecule has 1 heterocycles. The molecule has 0 radical (unpaired) electrons. The molecule has 0 aliphatic rings. The molecule has 2 nitrogen and oxygen atoms in total. The second-order valence-corrected chi connectivity index (χ2v) is 16.4. The van der Waals surface area contributed by atoms with E-state index in [2.05, 4.69) is 248 Å². The van der Waals surface area contributed by atoms with Gasteiger partial charge in [0.05, 0.1) is 11.4 Å². The normalized spacial score (nSPS) is 11.4. The van der Waals surface area contributed by atoms with E-state index >= 15 is 0 Å². The second kappa shape index (κ2) is 15.8. The van der Waals surface area contributed by atoms with E-state index in [1.54, 1.807) is 0 Å². The summed E-state index contributed by atoms with van der Waals surface area (Å²) in [4.78, 5) is 2.46. The third-order valence-electron chi connectivity index (χ3n) is 12.7. The van der Waals surface area contributed by atoms with Crippen LogP contribution in [0.15, 0.2) is 253 Å². The minimum absolute atomic E-state index is 0.878. The van der Waals surface area contributed by atoms with Gasteiger partial charge >= 0.3 is 0 Å². The highest BCUT2D eigenvalue weighted by atomic mass is 16.3. The molecule has 0 fully saturated rings. The maximum Gasteiger partial charge on any atom is 0.143 e. The molecule has 0 aliphatic heterocycles. The molecule has 2 heteroatoms. The summed E-state index contributed by atoms with van der Waals surface area (Å²) in [6, 6.07) is 89.7. The first-order chi connectivity index (χ1) is 31.8. The zero-order valence-electron chi connectivity index (χ0n) is 35.0. The van der Waals surface area contributed by atoms with E-state index in [0.717, 1.165) is 77.9 Å². The first-order valence-corrected chi connectivity index (χ1v) is 21.9. The van der Waals surface area contributed by atoms with Crippen molar-refractivity contribution >= 4 is 60.5 Å². The maximum atomic E-state index is 6.72. The van der Waals surface area contributed by atoms with E-state index < -0.39 is 0 Å². The topological polar surface area (TPSA) is 16.4 Å². The van der Waals surface area contributed by atoms with E-state index in [-0.39, 0.29) is 0 Å². The fourth-order valence-electron chi connectivity index (χ4n) is 9.70. The fourth-order valence-corrected chi connectivity index (χ4v) is 9.70. The van der Waals surface area contributed by atoms with Crippen LogP contribution in [-0.2, 0) is 0 Å². The summed E-state index contributed by atoms with van der Waals surface area (Å²) in [7, 11) is 0. The standard InChI is InChI=1S/C62H41NO/c1-3-17-43(18-4-1)50-23-9-10-26-55(50)61-52(44-19-5-2-6-20-44)27-16-31-59(61)63(58-30-13-11-24-53(58)56-28-15-29-57-54-25-12-14-32-60(54)64-62(56)57)48-38-35-42(36-39-48)46-37-40-51-47(41-46)34-33-45-21-7-8-22-49(45)51/h1-41H. The van der Waals surface area contributed by atoms with Crippen molar-refractivity contribution in [1.29, 1.82) is 0 Å². The minimum atomic E-state index is 0.878. The summed E-state index contributed by atoms with van der Waals surface area (Å²) in [6.45, 7) is 0. The van der Waals surface area contributed by atoms with Crippen molar-refractivity contribution < 1.29 is 4.42 Å². The number of para-hydroxylation sites is 3. The number of fused-ring (bicyclic) bond motifs is 6. The zero-order chi connectivity index (χ0) is 42.4. The molecule has 1 aromatic heterocycles. The van der Waals surface area contributed by atoms with Gasteiger partial charge in [0.25, 0.3) is 0 Å². The highest BCUT2D eigenvalue weighted by Gasteiger charge is 2.25. The largest absolute Gasteiger partial charge is 0.455 e. The van der Waals surface area contributed by atoms with Crippen molar-refractivity contribution in [3.8, 4) is 55.6 Å². The lowest BCUT2D eigenvalue weighted by Crippen LogP contribution is -2.13. The highest BCUT2D eigenvalue weighted by Crippen LogP contribution is 2.51. The number of nitrogens with zero attached hydrogens (tertiary/aromatic N) is 1. The Morgan fingerprint density at radius 2 is 0.828 bits per heavy atom. The Labute approximate surface area is 372 Å². The van der Waals surface area contributed by atoms with Crippen molar-refractivity contribution in [3.63, 3.8) is 0 Å². The molecular formula is C62H41NO. The molecule has 300 valence electrons. The average Bonchev–Trinajstić information content (AvgIpc) is 3.76. The SMILES string of the molecule is c1ccc(-c2ccccc2-c2c(-c3ccccc3)cccc2N(c2ccc(-c3ccc4c(ccc5ccccc54)c3)cc2)c2ccccc2-c2cccc3c2oc2ccccc23)cc1. The molecule has 0 atom stereocenters. The predicted octanol–water partition coefficient (Wildman–Crippen LogP) is 17.7. The van der Waals surface area contributed by atoms with Crippen LogP contribution in [0.2, 0.25) is 0 Å². The van der Waals surface area contributed by atoms with Gasteiger partial charge in [0, 0.05) is 33.2 Å². The van der Waals surface area contributed by atoms with Gasteiger partial charge in [0.2, 0.25) is 0 Å². The molecule has 0 amide bonds. The number of hydrogen-bond donors (Lipinski definition) is 0. The first-order valence-electron chi connectivity index (χ1n) is 21.9. The molecule has 12 aromatic rings. The predicted molar refractivity (Wildman–Crippen MR) is 271 cm³/mol. The molecular weight excluding hydrogens is 775 g/mol. The molecule has 0 saturated heterocycles. The van der Waals surface area contributed by atoms with E-state index in [4.69, 9.17) is 4.42 Å². The third-order valence-corrected chi connectivity index (χ3v) is 12.7. The molecule has 0 N–H and O–H groups in total. The van der Waals surface area contributed by atoms with Crippen LogP contribution in [0.1, 0.15) is 0 Å². The summed E-state index contributed by atoms with van der Waals surface area (Å²) in [5, 5.41) is 7.24. The lowest BCUT2D eigenvalue weighted by Gasteiger charge is -2.31. The van der Waals surface area contributed by atoms with Gasteiger partial charge in [-0.3, -0.25) is 0 Å². The van der Waals surface area contributed by atoms with Crippen LogP contribution in [0, 0.1) is 0 Å². The van der Waals surface area contributed by atoms with Crippen molar-refractivity contribution in [1.82, 2.24) is 0 Å². The van der Waals surface area contributed by atoms with Gasteiger partial charge in [-0.25, -0.2) is 0 Å². The number of anilines is 3. The molecule has 12 rings (SSSR count). The zero-order valence-corrected chi connectivity index (χ0v) is 35.0. The van der Waals surface area contributed by atoms with Crippen LogP contribution in [-0.4, -0.2) is 0 Å². The summed E-state index contributed by atoms with van der Waals surface area (Å²) < 4.78 is 6.72. The molecule has 0 spiro atoms. The third kappa shape index (κ3) is 6.44. The Bertz CT molecular complexity index is 3660. The molecule has 0 saturated carbocycles. The van der Waals surface area contributed by atoms with Gasteiger partial charge in [0.15, 0.2) is 0 Å². The van der Waals surface area contributed by atoms with E-state index in [0.29, 0.717) is 0 Å². The summed E-state index contributed by atoms with van der Waals surface area (Å²) in [6.07, 6.45) is 0. The summed E-state index contributed by atoms with van der Waals surface area (Å²) in [5.41, 5.74) is 16.3. The van der Waals surface area contributed by atoms with Gasteiger partial charge in [-0.1, -0.05) is 212 Å². The Hall–Kier alpha value is -8.46. The fraction of sp³-hybridized carbons (Fsp3) is 0. The molecule has 0 bridgehead atoms. The van der Waals surface area contributed by atoms with Crippen LogP contribution in [0.25, 0.3) is 99.1 Å². The van der Waals surface area contributed by atoms with Crippen LogP contribution >= 0.6 is 0 Å². The number of hydrogen-bond acceptors (Lipinski definition) is 2. The smallest absolute Gasteiger partial charge is 0.143 e. The molecule has 11 aromatic carbocycles. The van der Waals surface area contributed by atoms with Gasteiger partial charge in [0.1, 0.15) is 11.2 Å². The number of furan rings is 1. The van der Waals surface area contributed by atoms with Gasteiger partial charge in [-0.2, -0.15) is 0 Å². The Balaban J connectivity index is 1.10. The van der Waals surface area contributed by atoms with Crippen molar-refractivity contribution in [2.24, 2.45) is 0 Å². The first kappa shape index (κ1) is 37.3. The van der Waals surface area contributed by atoms with Gasteiger partial charge in [-0.05, 0) is 96.9 Å². The van der Waals surface area contributed by atoms with Crippen LogP contribution < -0.4 is 4.90 Å². The Morgan fingerprint density at radius 3 is 1.64 bits per heavy atom. The number of benzene rings is 11. The van der Waals surface area contributed by atoms with Gasteiger partial charge in [-0.15, -0.1) is 0 Å². The van der Waals surface area contributed by atoms with Crippen molar-refractivity contribution in [2.75, 3.05) is 4.90 Å². The maximum absolute atomic E-state index is 6.72. The Morgan fingerprint density at radius 1 is 0.281 bits per heavy atom. The lowest BCUT2D eigenvalue weighted by atomic mass is 9.87.